The van der Waals surface area contributed by atoms with Gasteiger partial charge in [-0.15, -0.1) is 24.0 Å². The minimum Gasteiger partial charge on any atom is -0.357 e. The molecule has 2 aliphatic heterocycles. The fourth-order valence-corrected chi connectivity index (χ4v) is 5.00. The van der Waals surface area contributed by atoms with Gasteiger partial charge in [-0.3, -0.25) is 4.99 Å². The third kappa shape index (κ3) is 8.43. The van der Waals surface area contributed by atoms with E-state index >= 15 is 0 Å². The normalized spacial score (nSPS) is 27.0. The minimum atomic E-state index is -2.93. The van der Waals surface area contributed by atoms with E-state index in [0.717, 1.165) is 12.5 Å². The van der Waals surface area contributed by atoms with Crippen LogP contribution in [-0.4, -0.2) is 69.5 Å². The number of aliphatic imine (C=N–C) groups is 1. The molecule has 2 bridgehead atoms. The molecule has 2 saturated heterocycles. The molecule has 2 aliphatic rings. The highest BCUT2D eigenvalue weighted by Crippen LogP contribution is 2.32. The van der Waals surface area contributed by atoms with Gasteiger partial charge in [0.2, 0.25) is 0 Å². The summed E-state index contributed by atoms with van der Waals surface area (Å²) in [7, 11) is -0.655. The highest BCUT2D eigenvalue weighted by molar-refractivity contribution is 14.0. The molecule has 2 rings (SSSR count). The highest BCUT2D eigenvalue weighted by Gasteiger charge is 2.36. The van der Waals surface area contributed by atoms with Crippen LogP contribution in [0.1, 0.15) is 59.3 Å². The SMILES string of the molecule is CCNC(=NCC(C)(C)CCS(C)(=O)=O)NC1CC2CCCC(C1)N2C.I. The number of piperidine rings is 2. The van der Waals surface area contributed by atoms with Gasteiger partial charge in [0, 0.05) is 37.5 Å². The molecule has 0 saturated carbocycles. The fraction of sp³-hybridized carbons (Fsp3) is 0.947. The molecular formula is C19H39IN4O2S. The fourth-order valence-electron chi connectivity index (χ4n) is 4.08. The van der Waals surface area contributed by atoms with Crippen molar-refractivity contribution < 1.29 is 8.42 Å². The molecule has 0 aromatic rings. The Labute approximate surface area is 183 Å². The Hall–Kier alpha value is -0.0900. The molecule has 8 heteroatoms. The van der Waals surface area contributed by atoms with Gasteiger partial charge in [0.1, 0.15) is 9.84 Å². The maximum atomic E-state index is 11.4. The lowest BCUT2D eigenvalue weighted by Gasteiger charge is -2.47. The summed E-state index contributed by atoms with van der Waals surface area (Å²) in [6.45, 7) is 7.71. The standard InChI is InChI=1S/C19H38N4O2S.HI/c1-6-20-18(21-14-19(2,3)10-11-26(5,24)25)22-15-12-16-8-7-9-17(13-15)23(16)4;/h15-17H,6-14H2,1-5H3,(H2,20,21,22);1H. The number of hydrogen-bond donors (Lipinski definition) is 2. The van der Waals surface area contributed by atoms with Crippen molar-refractivity contribution in [1.82, 2.24) is 15.5 Å². The van der Waals surface area contributed by atoms with E-state index in [1.54, 1.807) is 0 Å². The maximum absolute atomic E-state index is 11.4. The van der Waals surface area contributed by atoms with Gasteiger partial charge in [-0.1, -0.05) is 20.3 Å². The first-order valence-corrected chi connectivity index (χ1v) is 12.1. The van der Waals surface area contributed by atoms with E-state index in [1.807, 2.05) is 0 Å². The summed E-state index contributed by atoms with van der Waals surface area (Å²) in [5, 5.41) is 7.00. The second-order valence-corrected chi connectivity index (χ2v) is 11.2. The molecule has 0 aromatic heterocycles. The second kappa shape index (κ2) is 10.6. The summed E-state index contributed by atoms with van der Waals surface area (Å²) >= 11 is 0. The van der Waals surface area contributed by atoms with Crippen molar-refractivity contribution >= 4 is 39.8 Å². The predicted molar refractivity (Wildman–Crippen MR) is 125 cm³/mol. The largest absolute Gasteiger partial charge is 0.357 e. The van der Waals surface area contributed by atoms with Gasteiger partial charge in [-0.25, -0.2) is 8.42 Å². The monoisotopic (exact) mass is 514 g/mol. The molecular weight excluding hydrogens is 475 g/mol. The van der Waals surface area contributed by atoms with Gasteiger partial charge >= 0.3 is 0 Å². The summed E-state index contributed by atoms with van der Waals surface area (Å²) in [6, 6.07) is 1.85. The molecule has 2 heterocycles. The topological polar surface area (TPSA) is 73.8 Å². The first-order chi connectivity index (χ1) is 12.1. The number of guanidine groups is 1. The van der Waals surface area contributed by atoms with Crippen molar-refractivity contribution in [3.63, 3.8) is 0 Å². The van der Waals surface area contributed by atoms with Crippen molar-refractivity contribution in [1.29, 1.82) is 0 Å². The molecule has 6 nitrogen and oxygen atoms in total. The van der Waals surface area contributed by atoms with Gasteiger partial charge in [0.05, 0.1) is 5.75 Å². The Bertz CT molecular complexity index is 581. The second-order valence-electron chi connectivity index (χ2n) is 8.96. The molecule has 2 unspecified atom stereocenters. The third-order valence-corrected chi connectivity index (χ3v) is 6.79. The summed E-state index contributed by atoms with van der Waals surface area (Å²) in [5.41, 5.74) is -0.130. The van der Waals surface area contributed by atoms with Crippen LogP contribution in [0, 0.1) is 5.41 Å². The molecule has 160 valence electrons. The quantitative estimate of drug-likeness (QED) is 0.311. The van der Waals surface area contributed by atoms with Crippen molar-refractivity contribution in [2.24, 2.45) is 10.4 Å². The van der Waals surface area contributed by atoms with Crippen LogP contribution in [0.25, 0.3) is 0 Å². The van der Waals surface area contributed by atoms with Gasteiger partial charge < -0.3 is 15.5 Å². The predicted octanol–water partition coefficient (Wildman–Crippen LogP) is 2.64. The average molecular weight is 515 g/mol. The van der Waals surface area contributed by atoms with Crippen LogP contribution in [0.4, 0.5) is 0 Å². The van der Waals surface area contributed by atoms with Crippen LogP contribution >= 0.6 is 24.0 Å². The van der Waals surface area contributed by atoms with Crippen molar-refractivity contribution in [3.05, 3.63) is 0 Å². The smallest absolute Gasteiger partial charge is 0.191 e. The molecule has 0 amide bonds. The molecule has 0 aliphatic carbocycles. The summed E-state index contributed by atoms with van der Waals surface area (Å²) in [4.78, 5) is 7.35. The summed E-state index contributed by atoms with van der Waals surface area (Å²) in [5.74, 6) is 1.09. The first kappa shape index (κ1) is 24.9. The van der Waals surface area contributed by atoms with Crippen molar-refractivity contribution in [3.8, 4) is 0 Å². The van der Waals surface area contributed by atoms with E-state index < -0.39 is 9.84 Å². The Morgan fingerprint density at radius 2 is 1.81 bits per heavy atom. The number of fused-ring (bicyclic) bond motifs is 2. The highest BCUT2D eigenvalue weighted by atomic mass is 127. The lowest BCUT2D eigenvalue weighted by molar-refractivity contribution is 0.0526. The summed E-state index contributed by atoms with van der Waals surface area (Å²) < 4.78 is 22.9. The zero-order valence-electron chi connectivity index (χ0n) is 17.6. The number of sulfone groups is 1. The summed E-state index contributed by atoms with van der Waals surface area (Å²) in [6.07, 6.45) is 8.25. The molecule has 0 aromatic carbocycles. The molecule has 2 fully saturated rings. The first-order valence-electron chi connectivity index (χ1n) is 10.0. The van der Waals surface area contributed by atoms with E-state index in [2.05, 4.69) is 43.4 Å². The van der Waals surface area contributed by atoms with Crippen LogP contribution in [0.3, 0.4) is 0 Å². The third-order valence-electron chi connectivity index (χ3n) is 5.84. The van der Waals surface area contributed by atoms with E-state index in [1.165, 1.54) is 38.4 Å². The number of rotatable bonds is 7. The van der Waals surface area contributed by atoms with E-state index in [0.29, 0.717) is 31.1 Å². The Kier molecular flexibility index (Phi) is 9.81. The Balaban J connectivity index is 0.00000364. The molecule has 27 heavy (non-hydrogen) atoms. The van der Waals surface area contributed by atoms with E-state index in [-0.39, 0.29) is 35.1 Å². The molecule has 0 spiro atoms. The number of nitrogens with one attached hydrogen (secondary N) is 2. The number of nitrogens with zero attached hydrogens (tertiary/aromatic N) is 2. The van der Waals surface area contributed by atoms with Crippen LogP contribution in [0.2, 0.25) is 0 Å². The van der Waals surface area contributed by atoms with Crippen LogP contribution in [0.5, 0.6) is 0 Å². The van der Waals surface area contributed by atoms with E-state index in [9.17, 15) is 8.42 Å². The van der Waals surface area contributed by atoms with E-state index in [4.69, 9.17) is 4.99 Å². The van der Waals surface area contributed by atoms with Gasteiger partial charge in [-0.05, 0) is 51.5 Å². The van der Waals surface area contributed by atoms with Gasteiger partial charge in [-0.2, -0.15) is 0 Å². The average Bonchev–Trinajstić information content (AvgIpc) is 2.52. The zero-order valence-corrected chi connectivity index (χ0v) is 20.8. The van der Waals surface area contributed by atoms with Crippen LogP contribution in [0.15, 0.2) is 4.99 Å². The minimum absolute atomic E-state index is 0. The molecule has 2 N–H and O–H groups in total. The van der Waals surface area contributed by atoms with Crippen LogP contribution in [-0.2, 0) is 9.84 Å². The zero-order chi connectivity index (χ0) is 19.4. The number of halogens is 1. The van der Waals surface area contributed by atoms with Crippen LogP contribution < -0.4 is 10.6 Å². The van der Waals surface area contributed by atoms with Gasteiger partial charge in [0.15, 0.2) is 5.96 Å². The Morgan fingerprint density at radius 1 is 1.22 bits per heavy atom. The maximum Gasteiger partial charge on any atom is 0.191 e. The number of hydrogen-bond acceptors (Lipinski definition) is 4. The van der Waals surface area contributed by atoms with Crippen molar-refractivity contribution in [2.45, 2.75) is 77.4 Å². The molecule has 0 radical (unpaired) electrons. The van der Waals surface area contributed by atoms with Crippen molar-refractivity contribution in [2.75, 3.05) is 32.1 Å². The van der Waals surface area contributed by atoms with Gasteiger partial charge in [0.25, 0.3) is 0 Å². The lowest BCUT2D eigenvalue weighted by atomic mass is 9.82. The molecule has 2 atom stereocenters. The Morgan fingerprint density at radius 3 is 2.33 bits per heavy atom. The lowest BCUT2D eigenvalue weighted by Crippen LogP contribution is -2.56.